The topological polar surface area (TPSA) is 64.3 Å². The van der Waals surface area contributed by atoms with Crippen molar-refractivity contribution in [3.05, 3.63) is 35.9 Å². The molecule has 3 N–H and O–H groups in total. The molecule has 0 aliphatic heterocycles. The Balaban J connectivity index is 2.78. The Labute approximate surface area is 121 Å². The van der Waals surface area contributed by atoms with Crippen LogP contribution in [0.1, 0.15) is 32.3 Å². The molecule has 20 heavy (non-hydrogen) atoms. The third kappa shape index (κ3) is 4.05. The molecule has 0 aliphatic carbocycles. The number of carbonyl (C=O) groups is 1. The molecule has 4 nitrogen and oxygen atoms in total. The highest BCUT2D eigenvalue weighted by molar-refractivity contribution is 5.86. The molecule has 1 aromatic rings. The number of hydrogen-bond acceptors (Lipinski definition) is 3. The number of nitrogens with one attached hydrogen (secondary N) is 1. The molecule has 0 aliphatic rings. The standard InChI is InChI=1S/C16H26N2O2/c1-4-8-13(2)11-20-12-16(18-3,15(17)19)14-9-6-5-7-10-14/h5-7,9-10,13,18H,4,8,11-12H2,1-3H3,(H2,17,19). The van der Waals surface area contributed by atoms with E-state index in [2.05, 4.69) is 19.2 Å². The number of primary amides is 1. The Morgan fingerprint density at radius 3 is 2.55 bits per heavy atom. The maximum absolute atomic E-state index is 11.9. The minimum Gasteiger partial charge on any atom is -0.378 e. The maximum atomic E-state index is 11.9. The van der Waals surface area contributed by atoms with Gasteiger partial charge in [0, 0.05) is 6.61 Å². The number of ether oxygens (including phenoxy) is 1. The fourth-order valence-electron chi connectivity index (χ4n) is 2.35. The third-order valence-electron chi connectivity index (χ3n) is 3.62. The summed E-state index contributed by atoms with van der Waals surface area (Å²) in [5, 5.41) is 3.04. The van der Waals surface area contributed by atoms with Crippen LogP contribution in [0.3, 0.4) is 0 Å². The van der Waals surface area contributed by atoms with Gasteiger partial charge in [0.25, 0.3) is 0 Å². The van der Waals surface area contributed by atoms with E-state index in [-0.39, 0.29) is 6.61 Å². The molecule has 1 amide bonds. The van der Waals surface area contributed by atoms with Crippen molar-refractivity contribution in [2.75, 3.05) is 20.3 Å². The van der Waals surface area contributed by atoms with E-state index in [0.717, 1.165) is 18.4 Å². The highest BCUT2D eigenvalue weighted by Crippen LogP contribution is 2.21. The number of rotatable bonds is 9. The predicted molar refractivity (Wildman–Crippen MR) is 81.3 cm³/mol. The predicted octanol–water partition coefficient (Wildman–Crippen LogP) is 2.04. The maximum Gasteiger partial charge on any atom is 0.244 e. The monoisotopic (exact) mass is 278 g/mol. The molecule has 0 spiro atoms. The highest BCUT2D eigenvalue weighted by atomic mass is 16.5. The van der Waals surface area contributed by atoms with E-state index in [9.17, 15) is 4.79 Å². The van der Waals surface area contributed by atoms with Crippen LogP contribution in [-0.2, 0) is 15.1 Å². The molecule has 4 heteroatoms. The Morgan fingerprint density at radius 2 is 2.05 bits per heavy atom. The third-order valence-corrected chi connectivity index (χ3v) is 3.62. The van der Waals surface area contributed by atoms with Crippen LogP contribution in [-0.4, -0.2) is 26.2 Å². The van der Waals surface area contributed by atoms with Crippen LogP contribution >= 0.6 is 0 Å². The van der Waals surface area contributed by atoms with Crippen molar-refractivity contribution >= 4 is 5.91 Å². The highest BCUT2D eigenvalue weighted by Gasteiger charge is 2.37. The van der Waals surface area contributed by atoms with Gasteiger partial charge in [-0.15, -0.1) is 0 Å². The van der Waals surface area contributed by atoms with Gasteiger partial charge >= 0.3 is 0 Å². The van der Waals surface area contributed by atoms with E-state index in [0.29, 0.717) is 12.5 Å². The van der Waals surface area contributed by atoms with E-state index >= 15 is 0 Å². The second kappa shape index (κ2) is 8.02. The van der Waals surface area contributed by atoms with Crippen molar-refractivity contribution in [1.29, 1.82) is 0 Å². The first-order valence-electron chi connectivity index (χ1n) is 7.19. The lowest BCUT2D eigenvalue weighted by molar-refractivity contribution is -0.127. The summed E-state index contributed by atoms with van der Waals surface area (Å²) < 4.78 is 5.76. The van der Waals surface area contributed by atoms with E-state index in [1.165, 1.54) is 0 Å². The van der Waals surface area contributed by atoms with Crippen molar-refractivity contribution < 1.29 is 9.53 Å². The fraction of sp³-hybridized carbons (Fsp3) is 0.562. The van der Waals surface area contributed by atoms with E-state index in [1.807, 2.05) is 30.3 Å². The summed E-state index contributed by atoms with van der Waals surface area (Å²) in [4.78, 5) is 11.9. The zero-order chi connectivity index (χ0) is 15.0. The molecular weight excluding hydrogens is 252 g/mol. The van der Waals surface area contributed by atoms with Gasteiger partial charge in [-0.25, -0.2) is 0 Å². The average Bonchev–Trinajstić information content (AvgIpc) is 2.45. The van der Waals surface area contributed by atoms with Crippen molar-refractivity contribution in [1.82, 2.24) is 5.32 Å². The van der Waals surface area contributed by atoms with Crippen molar-refractivity contribution in [2.45, 2.75) is 32.2 Å². The Morgan fingerprint density at radius 1 is 1.40 bits per heavy atom. The number of amides is 1. The minimum absolute atomic E-state index is 0.247. The molecule has 0 bridgehead atoms. The van der Waals surface area contributed by atoms with Gasteiger partial charge < -0.3 is 15.8 Å². The van der Waals surface area contributed by atoms with Gasteiger partial charge in [0.1, 0.15) is 5.54 Å². The largest absolute Gasteiger partial charge is 0.378 e. The van der Waals surface area contributed by atoms with E-state index in [1.54, 1.807) is 7.05 Å². The number of carbonyl (C=O) groups excluding carboxylic acids is 1. The molecule has 0 fully saturated rings. The Kier molecular flexibility index (Phi) is 6.68. The number of benzene rings is 1. The zero-order valence-corrected chi connectivity index (χ0v) is 12.7. The van der Waals surface area contributed by atoms with Crippen LogP contribution in [0.15, 0.2) is 30.3 Å². The molecule has 1 aromatic carbocycles. The van der Waals surface area contributed by atoms with Gasteiger partial charge in [0.2, 0.25) is 5.91 Å². The summed E-state index contributed by atoms with van der Waals surface area (Å²) in [5.74, 6) is 0.0625. The van der Waals surface area contributed by atoms with Gasteiger partial charge in [-0.1, -0.05) is 50.6 Å². The molecule has 2 atom stereocenters. The summed E-state index contributed by atoms with van der Waals surface area (Å²) in [5.41, 5.74) is 5.47. The summed E-state index contributed by atoms with van der Waals surface area (Å²) >= 11 is 0. The zero-order valence-electron chi connectivity index (χ0n) is 12.7. The minimum atomic E-state index is -0.965. The van der Waals surface area contributed by atoms with Crippen LogP contribution in [0.4, 0.5) is 0 Å². The van der Waals surface area contributed by atoms with Crippen LogP contribution in [0.5, 0.6) is 0 Å². The normalized spacial score (nSPS) is 15.6. The summed E-state index contributed by atoms with van der Waals surface area (Å²) in [6.45, 7) is 5.19. The quantitative estimate of drug-likeness (QED) is 0.726. The fourth-order valence-corrected chi connectivity index (χ4v) is 2.35. The first kappa shape index (κ1) is 16.7. The lowest BCUT2D eigenvalue weighted by atomic mass is 9.90. The molecule has 0 saturated carbocycles. The molecule has 0 radical (unpaired) electrons. The first-order valence-corrected chi connectivity index (χ1v) is 7.19. The lowest BCUT2D eigenvalue weighted by Crippen LogP contribution is -2.54. The molecule has 1 rings (SSSR count). The Bertz CT molecular complexity index is 408. The molecule has 2 unspecified atom stereocenters. The van der Waals surface area contributed by atoms with Crippen LogP contribution in [0, 0.1) is 5.92 Å². The molecule has 0 saturated heterocycles. The smallest absolute Gasteiger partial charge is 0.244 e. The lowest BCUT2D eigenvalue weighted by Gasteiger charge is -2.31. The Hall–Kier alpha value is -1.39. The average molecular weight is 278 g/mol. The van der Waals surface area contributed by atoms with Crippen molar-refractivity contribution in [3.63, 3.8) is 0 Å². The number of nitrogens with two attached hydrogens (primary N) is 1. The molecule has 112 valence electrons. The van der Waals surface area contributed by atoms with Crippen molar-refractivity contribution in [3.8, 4) is 0 Å². The summed E-state index contributed by atoms with van der Waals surface area (Å²) in [6.07, 6.45) is 2.25. The number of hydrogen-bond donors (Lipinski definition) is 2. The summed E-state index contributed by atoms with van der Waals surface area (Å²) in [6, 6.07) is 9.48. The van der Waals surface area contributed by atoms with E-state index in [4.69, 9.17) is 10.5 Å². The second-order valence-electron chi connectivity index (χ2n) is 5.29. The second-order valence-corrected chi connectivity index (χ2v) is 5.29. The molecule has 0 heterocycles. The van der Waals surface area contributed by atoms with Crippen molar-refractivity contribution in [2.24, 2.45) is 11.7 Å². The van der Waals surface area contributed by atoms with Crippen LogP contribution < -0.4 is 11.1 Å². The number of likely N-dealkylation sites (N-methyl/N-ethyl adjacent to an activating group) is 1. The van der Waals surface area contributed by atoms with Gasteiger partial charge in [0.05, 0.1) is 6.61 Å². The van der Waals surface area contributed by atoms with Gasteiger partial charge in [-0.2, -0.15) is 0 Å². The first-order chi connectivity index (χ1) is 9.56. The SMILES string of the molecule is CCCC(C)COCC(NC)(C(N)=O)c1ccccc1. The van der Waals surface area contributed by atoms with Gasteiger partial charge in [0.15, 0.2) is 0 Å². The van der Waals surface area contributed by atoms with Gasteiger partial charge in [-0.05, 0) is 24.9 Å². The van der Waals surface area contributed by atoms with Crippen LogP contribution in [0.2, 0.25) is 0 Å². The van der Waals surface area contributed by atoms with Crippen LogP contribution in [0.25, 0.3) is 0 Å². The molecule has 0 aromatic heterocycles. The summed E-state index contributed by atoms with van der Waals surface area (Å²) in [7, 11) is 1.73. The van der Waals surface area contributed by atoms with Gasteiger partial charge in [-0.3, -0.25) is 4.79 Å². The molecular formula is C16H26N2O2. The van der Waals surface area contributed by atoms with E-state index < -0.39 is 11.4 Å².